The van der Waals surface area contributed by atoms with Crippen molar-refractivity contribution in [1.29, 1.82) is 0 Å². The van der Waals surface area contributed by atoms with E-state index in [9.17, 15) is 9.50 Å². The standard InChI is InChI=1S/C24H33FN4O.HI/c1-3-26-24(28-16-21-5-4-18(2)23(25)14-21)27-15-19-6-8-20(9-7-19)17-29-12-10-22(30)11-13-29;/h4-9,14,22,30H,3,10-13,15-17H2,1-2H3,(H2,26,27,28);1H. The third-order valence-electron chi connectivity index (χ3n) is 5.45. The van der Waals surface area contributed by atoms with Crippen LogP contribution in [0.3, 0.4) is 0 Å². The van der Waals surface area contributed by atoms with Gasteiger partial charge in [-0.2, -0.15) is 0 Å². The monoisotopic (exact) mass is 540 g/mol. The van der Waals surface area contributed by atoms with Crippen LogP contribution in [0.4, 0.5) is 4.39 Å². The molecule has 1 aliphatic heterocycles. The summed E-state index contributed by atoms with van der Waals surface area (Å²) in [5.74, 6) is 0.524. The van der Waals surface area contributed by atoms with E-state index in [1.54, 1.807) is 19.1 Å². The van der Waals surface area contributed by atoms with Crippen LogP contribution < -0.4 is 10.6 Å². The van der Waals surface area contributed by atoms with E-state index in [0.717, 1.165) is 50.5 Å². The molecule has 3 N–H and O–H groups in total. The Morgan fingerprint density at radius 2 is 1.71 bits per heavy atom. The number of guanidine groups is 1. The van der Waals surface area contributed by atoms with Crippen LogP contribution >= 0.6 is 24.0 Å². The number of halogens is 2. The summed E-state index contributed by atoms with van der Waals surface area (Å²) in [5.41, 5.74) is 3.97. The van der Waals surface area contributed by atoms with Gasteiger partial charge in [0.15, 0.2) is 5.96 Å². The SMILES string of the molecule is CCNC(=NCc1ccc(C)c(F)c1)NCc1ccc(CN2CCC(O)CC2)cc1.I. The molecule has 2 aromatic carbocycles. The Balaban J connectivity index is 0.00000341. The smallest absolute Gasteiger partial charge is 0.191 e. The second-order valence-electron chi connectivity index (χ2n) is 7.96. The van der Waals surface area contributed by atoms with Crippen LogP contribution in [0.5, 0.6) is 0 Å². The van der Waals surface area contributed by atoms with Crippen molar-refractivity contribution in [3.05, 3.63) is 70.5 Å². The first kappa shape index (κ1) is 25.5. The van der Waals surface area contributed by atoms with Crippen molar-refractivity contribution in [3.8, 4) is 0 Å². The fraction of sp³-hybridized carbons (Fsp3) is 0.458. The molecule has 1 saturated heterocycles. The predicted molar refractivity (Wildman–Crippen MR) is 135 cm³/mol. The molecule has 31 heavy (non-hydrogen) atoms. The molecular formula is C24H34FIN4O. The first-order valence-electron chi connectivity index (χ1n) is 10.8. The quantitative estimate of drug-likeness (QED) is 0.283. The molecule has 3 rings (SSSR count). The van der Waals surface area contributed by atoms with Gasteiger partial charge in [-0.15, -0.1) is 24.0 Å². The number of hydrogen-bond donors (Lipinski definition) is 3. The van der Waals surface area contributed by atoms with Crippen molar-refractivity contribution in [2.75, 3.05) is 19.6 Å². The van der Waals surface area contributed by atoms with Crippen molar-refractivity contribution in [2.24, 2.45) is 4.99 Å². The lowest BCUT2D eigenvalue weighted by Crippen LogP contribution is -2.36. The van der Waals surface area contributed by atoms with Crippen LogP contribution in [-0.2, 0) is 19.6 Å². The largest absolute Gasteiger partial charge is 0.393 e. The highest BCUT2D eigenvalue weighted by Crippen LogP contribution is 2.14. The number of nitrogens with zero attached hydrogens (tertiary/aromatic N) is 2. The van der Waals surface area contributed by atoms with Gasteiger partial charge in [0.05, 0.1) is 12.6 Å². The maximum absolute atomic E-state index is 13.7. The maximum Gasteiger partial charge on any atom is 0.191 e. The number of aliphatic imine (C=N–C) groups is 1. The summed E-state index contributed by atoms with van der Waals surface area (Å²) in [7, 11) is 0. The van der Waals surface area contributed by atoms with E-state index in [2.05, 4.69) is 44.8 Å². The van der Waals surface area contributed by atoms with Gasteiger partial charge in [-0.25, -0.2) is 9.38 Å². The molecule has 0 aliphatic carbocycles. The molecule has 7 heteroatoms. The average molecular weight is 540 g/mol. The topological polar surface area (TPSA) is 59.9 Å². The molecule has 0 unspecified atom stereocenters. The molecule has 0 amide bonds. The summed E-state index contributed by atoms with van der Waals surface area (Å²) < 4.78 is 13.7. The highest BCUT2D eigenvalue weighted by Gasteiger charge is 2.16. The van der Waals surface area contributed by atoms with E-state index in [1.807, 2.05) is 13.0 Å². The fourth-order valence-corrected chi connectivity index (χ4v) is 3.53. The number of likely N-dealkylation sites (tertiary alicyclic amines) is 1. The second-order valence-corrected chi connectivity index (χ2v) is 7.96. The number of aliphatic hydroxyl groups is 1. The Hall–Kier alpha value is -1.71. The fourth-order valence-electron chi connectivity index (χ4n) is 3.53. The van der Waals surface area contributed by atoms with Crippen molar-refractivity contribution >= 4 is 29.9 Å². The van der Waals surface area contributed by atoms with Gasteiger partial charge in [-0.05, 0) is 55.0 Å². The number of aryl methyl sites for hydroxylation is 1. The van der Waals surface area contributed by atoms with Crippen molar-refractivity contribution in [3.63, 3.8) is 0 Å². The van der Waals surface area contributed by atoms with Gasteiger partial charge in [0.25, 0.3) is 0 Å². The molecule has 5 nitrogen and oxygen atoms in total. The number of hydrogen-bond acceptors (Lipinski definition) is 3. The molecule has 0 spiro atoms. The van der Waals surface area contributed by atoms with E-state index in [1.165, 1.54) is 11.1 Å². The second kappa shape index (κ2) is 13.0. The molecule has 170 valence electrons. The Morgan fingerprint density at radius 1 is 1.06 bits per heavy atom. The molecule has 0 radical (unpaired) electrons. The Bertz CT molecular complexity index is 836. The first-order valence-corrected chi connectivity index (χ1v) is 10.8. The van der Waals surface area contributed by atoms with Gasteiger partial charge >= 0.3 is 0 Å². The zero-order valence-electron chi connectivity index (χ0n) is 18.4. The van der Waals surface area contributed by atoms with Crippen molar-refractivity contribution in [1.82, 2.24) is 15.5 Å². The van der Waals surface area contributed by atoms with Crippen LogP contribution in [-0.4, -0.2) is 41.7 Å². The first-order chi connectivity index (χ1) is 14.5. The van der Waals surface area contributed by atoms with Crippen LogP contribution in [0.25, 0.3) is 0 Å². The third-order valence-corrected chi connectivity index (χ3v) is 5.45. The molecule has 1 aliphatic rings. The molecule has 0 saturated carbocycles. The van der Waals surface area contributed by atoms with E-state index < -0.39 is 0 Å². The number of nitrogens with one attached hydrogen (secondary N) is 2. The number of piperidine rings is 1. The molecule has 1 fully saturated rings. The molecular weight excluding hydrogens is 506 g/mol. The minimum atomic E-state index is -0.193. The summed E-state index contributed by atoms with van der Waals surface area (Å²) in [6.07, 6.45) is 1.60. The minimum Gasteiger partial charge on any atom is -0.393 e. The lowest BCUT2D eigenvalue weighted by Gasteiger charge is -2.29. The summed E-state index contributed by atoms with van der Waals surface area (Å²) in [6.45, 7) is 8.48. The molecule has 0 atom stereocenters. The summed E-state index contributed by atoms with van der Waals surface area (Å²) in [5, 5.41) is 16.2. The Labute approximate surface area is 202 Å². The zero-order valence-corrected chi connectivity index (χ0v) is 20.7. The molecule has 0 aromatic heterocycles. The zero-order chi connectivity index (χ0) is 21.3. The minimum absolute atomic E-state index is 0. The van der Waals surface area contributed by atoms with Gasteiger partial charge in [0.1, 0.15) is 5.82 Å². The normalized spacial score (nSPS) is 15.4. The maximum atomic E-state index is 13.7. The van der Waals surface area contributed by atoms with Crippen LogP contribution in [0.15, 0.2) is 47.5 Å². The Morgan fingerprint density at radius 3 is 2.35 bits per heavy atom. The van der Waals surface area contributed by atoms with E-state index >= 15 is 0 Å². The van der Waals surface area contributed by atoms with Gasteiger partial charge in [-0.1, -0.05) is 36.4 Å². The third kappa shape index (κ3) is 8.38. The van der Waals surface area contributed by atoms with Crippen molar-refractivity contribution in [2.45, 2.75) is 52.4 Å². The number of aliphatic hydroxyl groups excluding tert-OH is 1. The number of benzene rings is 2. The Kier molecular flexibility index (Phi) is 10.7. The van der Waals surface area contributed by atoms with E-state index in [-0.39, 0.29) is 35.9 Å². The van der Waals surface area contributed by atoms with E-state index in [4.69, 9.17) is 0 Å². The van der Waals surface area contributed by atoms with Crippen LogP contribution in [0.2, 0.25) is 0 Å². The molecule has 2 aromatic rings. The summed E-state index contributed by atoms with van der Waals surface area (Å²) in [6, 6.07) is 13.9. The predicted octanol–water partition coefficient (Wildman–Crippen LogP) is 3.96. The number of rotatable bonds is 7. The van der Waals surface area contributed by atoms with Crippen LogP contribution in [0.1, 0.15) is 42.0 Å². The van der Waals surface area contributed by atoms with Gasteiger partial charge in [0, 0.05) is 32.7 Å². The van der Waals surface area contributed by atoms with Crippen molar-refractivity contribution < 1.29 is 9.50 Å². The average Bonchev–Trinajstić information content (AvgIpc) is 2.75. The van der Waals surface area contributed by atoms with Gasteiger partial charge in [0.2, 0.25) is 0 Å². The van der Waals surface area contributed by atoms with E-state index in [0.29, 0.717) is 18.7 Å². The lowest BCUT2D eigenvalue weighted by atomic mass is 10.1. The highest BCUT2D eigenvalue weighted by atomic mass is 127. The summed E-state index contributed by atoms with van der Waals surface area (Å²) in [4.78, 5) is 6.96. The van der Waals surface area contributed by atoms with Crippen LogP contribution in [0, 0.1) is 12.7 Å². The lowest BCUT2D eigenvalue weighted by molar-refractivity contribution is 0.0792. The summed E-state index contributed by atoms with van der Waals surface area (Å²) >= 11 is 0. The molecule has 0 bridgehead atoms. The van der Waals surface area contributed by atoms with Gasteiger partial charge < -0.3 is 15.7 Å². The van der Waals surface area contributed by atoms with Gasteiger partial charge in [-0.3, -0.25) is 4.90 Å². The molecule has 1 heterocycles. The highest BCUT2D eigenvalue weighted by molar-refractivity contribution is 14.0.